The number of fused-ring (bicyclic) bond motifs is 1. The zero-order chi connectivity index (χ0) is 11.7. The molecule has 1 aliphatic heterocycles. The average Bonchev–Trinajstić information content (AvgIpc) is 2.73. The molecule has 0 radical (unpaired) electrons. The summed E-state index contributed by atoms with van der Waals surface area (Å²) < 4.78 is 18.4. The van der Waals surface area contributed by atoms with Gasteiger partial charge in [0.1, 0.15) is 11.4 Å². The molecule has 0 aliphatic carbocycles. The second-order valence-corrected chi connectivity index (χ2v) is 4.82. The monoisotopic (exact) mass is 233 g/mol. The van der Waals surface area contributed by atoms with Crippen molar-refractivity contribution < 1.29 is 8.81 Å². The Labute approximate surface area is 99.8 Å². The van der Waals surface area contributed by atoms with E-state index in [1.54, 1.807) is 6.26 Å². The molecule has 2 aromatic rings. The minimum absolute atomic E-state index is 0.238. The van der Waals surface area contributed by atoms with Crippen LogP contribution < -0.4 is 5.32 Å². The molecule has 1 aromatic carbocycles. The molecule has 90 valence electrons. The van der Waals surface area contributed by atoms with Crippen molar-refractivity contribution in [3.8, 4) is 0 Å². The van der Waals surface area contributed by atoms with Crippen LogP contribution in [0.4, 0.5) is 4.39 Å². The van der Waals surface area contributed by atoms with Gasteiger partial charge in [-0.25, -0.2) is 4.39 Å². The molecule has 0 spiro atoms. The molecule has 0 amide bonds. The van der Waals surface area contributed by atoms with Gasteiger partial charge < -0.3 is 9.73 Å². The molecule has 2 heterocycles. The minimum atomic E-state index is -0.238. The van der Waals surface area contributed by atoms with Gasteiger partial charge in [0.2, 0.25) is 0 Å². The molecule has 1 aromatic heterocycles. The van der Waals surface area contributed by atoms with Crippen molar-refractivity contribution in [2.24, 2.45) is 5.92 Å². The number of hydrogen-bond acceptors (Lipinski definition) is 2. The fourth-order valence-corrected chi connectivity index (χ4v) is 2.62. The summed E-state index contributed by atoms with van der Waals surface area (Å²) in [4.78, 5) is 0. The Hall–Kier alpha value is -1.35. The molecule has 1 saturated heterocycles. The maximum absolute atomic E-state index is 13.0. The van der Waals surface area contributed by atoms with Crippen LogP contribution in [0.5, 0.6) is 0 Å². The van der Waals surface area contributed by atoms with Gasteiger partial charge in [-0.2, -0.15) is 0 Å². The van der Waals surface area contributed by atoms with Crippen LogP contribution in [0.15, 0.2) is 28.9 Å². The van der Waals surface area contributed by atoms with Crippen LogP contribution >= 0.6 is 0 Å². The summed E-state index contributed by atoms with van der Waals surface area (Å²) in [5.41, 5.74) is 1.86. The molecule has 1 N–H and O–H groups in total. The van der Waals surface area contributed by atoms with E-state index in [9.17, 15) is 4.39 Å². The van der Waals surface area contributed by atoms with Crippen LogP contribution in [0.2, 0.25) is 0 Å². The van der Waals surface area contributed by atoms with Gasteiger partial charge in [0, 0.05) is 11.5 Å². The first-order valence-corrected chi connectivity index (χ1v) is 6.19. The highest BCUT2D eigenvalue weighted by Gasteiger charge is 2.16. The summed E-state index contributed by atoms with van der Waals surface area (Å²) in [6, 6.07) is 4.78. The Morgan fingerprint density at radius 1 is 1.41 bits per heavy atom. The number of rotatable bonds is 2. The minimum Gasteiger partial charge on any atom is -0.464 e. The molecule has 1 fully saturated rings. The Morgan fingerprint density at radius 3 is 3.18 bits per heavy atom. The molecule has 3 rings (SSSR count). The second-order valence-electron chi connectivity index (χ2n) is 4.82. The predicted octanol–water partition coefficient (Wildman–Crippen LogP) is 3.11. The third-order valence-electron chi connectivity index (χ3n) is 3.53. The predicted molar refractivity (Wildman–Crippen MR) is 65.5 cm³/mol. The number of halogens is 1. The summed E-state index contributed by atoms with van der Waals surface area (Å²) in [6.07, 6.45) is 5.31. The van der Waals surface area contributed by atoms with E-state index in [4.69, 9.17) is 4.42 Å². The van der Waals surface area contributed by atoms with Crippen molar-refractivity contribution in [3.05, 3.63) is 35.8 Å². The lowest BCUT2D eigenvalue weighted by atomic mass is 9.92. The Bertz CT molecular complexity index is 514. The van der Waals surface area contributed by atoms with E-state index in [1.165, 1.54) is 30.5 Å². The van der Waals surface area contributed by atoms with Crippen LogP contribution in [-0.4, -0.2) is 13.1 Å². The summed E-state index contributed by atoms with van der Waals surface area (Å²) in [5.74, 6) is 0.437. The molecule has 17 heavy (non-hydrogen) atoms. The smallest absolute Gasteiger partial charge is 0.137 e. The van der Waals surface area contributed by atoms with Crippen LogP contribution in [-0.2, 0) is 6.42 Å². The zero-order valence-corrected chi connectivity index (χ0v) is 9.71. The Morgan fingerprint density at radius 2 is 2.35 bits per heavy atom. The van der Waals surface area contributed by atoms with Gasteiger partial charge >= 0.3 is 0 Å². The highest BCUT2D eigenvalue weighted by molar-refractivity contribution is 5.81. The number of benzene rings is 1. The molecular weight excluding hydrogens is 217 g/mol. The lowest BCUT2D eigenvalue weighted by Gasteiger charge is -2.22. The highest BCUT2D eigenvalue weighted by atomic mass is 19.1. The molecule has 0 unspecified atom stereocenters. The fraction of sp³-hybridized carbons (Fsp3) is 0.429. The largest absolute Gasteiger partial charge is 0.464 e. The first-order chi connectivity index (χ1) is 8.33. The molecule has 3 heteroatoms. The third-order valence-corrected chi connectivity index (χ3v) is 3.53. The summed E-state index contributed by atoms with van der Waals surface area (Å²) in [5, 5.41) is 4.47. The van der Waals surface area contributed by atoms with Crippen LogP contribution in [0.25, 0.3) is 11.0 Å². The van der Waals surface area contributed by atoms with Crippen LogP contribution in [0, 0.1) is 11.7 Å². The van der Waals surface area contributed by atoms with Gasteiger partial charge in [-0.1, -0.05) is 0 Å². The van der Waals surface area contributed by atoms with Gasteiger partial charge in [0.05, 0.1) is 6.26 Å². The highest BCUT2D eigenvalue weighted by Crippen LogP contribution is 2.26. The second kappa shape index (κ2) is 4.49. The van der Waals surface area contributed by atoms with E-state index in [0.29, 0.717) is 11.5 Å². The lowest BCUT2D eigenvalue weighted by molar-refractivity contribution is 0.375. The fourth-order valence-electron chi connectivity index (χ4n) is 2.62. The van der Waals surface area contributed by atoms with Crippen molar-refractivity contribution in [2.45, 2.75) is 19.3 Å². The first kappa shape index (κ1) is 10.8. The summed E-state index contributed by atoms with van der Waals surface area (Å²) in [6.45, 7) is 2.21. The van der Waals surface area contributed by atoms with Crippen molar-refractivity contribution in [1.82, 2.24) is 5.32 Å². The number of piperidine rings is 1. The normalized spacial score (nSPS) is 20.9. The number of nitrogens with one attached hydrogen (secondary N) is 1. The molecule has 1 aliphatic rings. The van der Waals surface area contributed by atoms with E-state index in [2.05, 4.69) is 5.32 Å². The van der Waals surface area contributed by atoms with Gasteiger partial charge in [-0.3, -0.25) is 0 Å². The van der Waals surface area contributed by atoms with Gasteiger partial charge in [0.15, 0.2) is 0 Å². The zero-order valence-electron chi connectivity index (χ0n) is 9.71. The van der Waals surface area contributed by atoms with E-state index < -0.39 is 0 Å². The molecule has 0 bridgehead atoms. The topological polar surface area (TPSA) is 25.2 Å². The third kappa shape index (κ3) is 2.20. The van der Waals surface area contributed by atoms with Gasteiger partial charge in [0.25, 0.3) is 0 Å². The van der Waals surface area contributed by atoms with E-state index in [1.807, 2.05) is 6.07 Å². The van der Waals surface area contributed by atoms with E-state index in [-0.39, 0.29) is 5.82 Å². The Kier molecular flexibility index (Phi) is 2.85. The average molecular weight is 233 g/mol. The summed E-state index contributed by atoms with van der Waals surface area (Å²) in [7, 11) is 0. The standard InChI is InChI=1S/C14H16FNO/c15-12-3-4-13-11(9-17-14(13)7-12)6-10-2-1-5-16-8-10/h3-4,7,9-10,16H,1-2,5-6,8H2/t10-/m0/s1. The van der Waals surface area contributed by atoms with Crippen LogP contribution in [0.1, 0.15) is 18.4 Å². The Balaban J connectivity index is 1.84. The van der Waals surface area contributed by atoms with Crippen molar-refractivity contribution in [3.63, 3.8) is 0 Å². The number of furan rings is 1. The van der Waals surface area contributed by atoms with Crippen molar-refractivity contribution >= 4 is 11.0 Å². The van der Waals surface area contributed by atoms with Crippen LogP contribution in [0.3, 0.4) is 0 Å². The molecule has 0 saturated carbocycles. The maximum Gasteiger partial charge on any atom is 0.137 e. The quantitative estimate of drug-likeness (QED) is 0.862. The summed E-state index contributed by atoms with van der Waals surface area (Å²) >= 11 is 0. The SMILES string of the molecule is Fc1ccc2c(C[C@@H]3CCCNC3)coc2c1. The maximum atomic E-state index is 13.0. The lowest BCUT2D eigenvalue weighted by Crippen LogP contribution is -2.30. The molecule has 1 atom stereocenters. The number of hydrogen-bond donors (Lipinski definition) is 1. The van der Waals surface area contributed by atoms with E-state index in [0.717, 1.165) is 24.9 Å². The van der Waals surface area contributed by atoms with Gasteiger partial charge in [-0.05, 0) is 56.0 Å². The molecular formula is C14H16FNO. The first-order valence-electron chi connectivity index (χ1n) is 6.19. The van der Waals surface area contributed by atoms with Gasteiger partial charge in [-0.15, -0.1) is 0 Å². The van der Waals surface area contributed by atoms with E-state index >= 15 is 0 Å². The molecule has 2 nitrogen and oxygen atoms in total. The van der Waals surface area contributed by atoms with Crippen molar-refractivity contribution in [1.29, 1.82) is 0 Å². The van der Waals surface area contributed by atoms with Crippen molar-refractivity contribution in [2.75, 3.05) is 13.1 Å².